The summed E-state index contributed by atoms with van der Waals surface area (Å²) in [5.74, 6) is -0.343. The number of ether oxygens (including phenoxy) is 1. The van der Waals surface area contributed by atoms with Gasteiger partial charge in [-0.3, -0.25) is 4.79 Å². The molecule has 0 aromatic heterocycles. The first-order valence-corrected chi connectivity index (χ1v) is 3.79. The molecule has 1 saturated heterocycles. The first kappa shape index (κ1) is 8.49. The van der Waals surface area contributed by atoms with E-state index < -0.39 is 0 Å². The quantitative estimate of drug-likeness (QED) is 0.527. The van der Waals surface area contributed by atoms with Gasteiger partial charge in [0.1, 0.15) is 6.04 Å². The smallest absolute Gasteiger partial charge is 0.237 e. The first-order valence-electron chi connectivity index (χ1n) is 3.79. The van der Waals surface area contributed by atoms with E-state index in [2.05, 4.69) is 5.32 Å². The minimum absolute atomic E-state index is 0.115. The third-order valence-corrected chi connectivity index (χ3v) is 1.85. The summed E-state index contributed by atoms with van der Waals surface area (Å²) in [5.41, 5.74) is 5.12. The summed E-state index contributed by atoms with van der Waals surface area (Å²) in [4.78, 5) is 10.8. The normalized spacial score (nSPS) is 38.5. The minimum atomic E-state index is -0.343. The number of carbonyl (C=O) groups excluding carboxylic acids is 1. The Bertz CT molecular complexity index is 161. The van der Waals surface area contributed by atoms with Crippen LogP contribution in [0.25, 0.3) is 0 Å². The number of carbonyl (C=O) groups is 1. The standard InChI is InChI=1S/C7H14N2O2/c1-4-3-9-6(7(8)10)5(2)11-4/h4-6,9H,3H2,1-2H3,(H2,8,10). The fraction of sp³-hybridized carbons (Fsp3) is 0.857. The summed E-state index contributed by atoms with van der Waals surface area (Å²) >= 11 is 0. The number of nitrogens with two attached hydrogens (primary N) is 1. The van der Waals surface area contributed by atoms with Gasteiger partial charge < -0.3 is 15.8 Å². The molecule has 1 amide bonds. The molecular weight excluding hydrogens is 144 g/mol. The highest BCUT2D eigenvalue weighted by Gasteiger charge is 2.29. The molecule has 11 heavy (non-hydrogen) atoms. The van der Waals surface area contributed by atoms with Gasteiger partial charge in [0.05, 0.1) is 12.2 Å². The van der Waals surface area contributed by atoms with Crippen LogP contribution in [0, 0.1) is 0 Å². The summed E-state index contributed by atoms with van der Waals surface area (Å²) < 4.78 is 5.40. The Balaban J connectivity index is 2.50. The molecule has 0 saturated carbocycles. The molecule has 3 N–H and O–H groups in total. The number of rotatable bonds is 1. The second-order valence-electron chi connectivity index (χ2n) is 2.94. The molecular formula is C7H14N2O2. The van der Waals surface area contributed by atoms with E-state index in [4.69, 9.17) is 10.5 Å². The van der Waals surface area contributed by atoms with Crippen LogP contribution in [0.3, 0.4) is 0 Å². The topological polar surface area (TPSA) is 64.3 Å². The molecule has 0 aromatic carbocycles. The van der Waals surface area contributed by atoms with Crippen molar-refractivity contribution in [2.24, 2.45) is 5.73 Å². The Kier molecular flexibility index (Phi) is 2.46. The summed E-state index contributed by atoms with van der Waals surface area (Å²) in [6.45, 7) is 4.50. The number of hydrogen-bond acceptors (Lipinski definition) is 3. The number of morpholine rings is 1. The predicted octanol–water partition coefficient (Wildman–Crippen LogP) is -0.763. The minimum Gasteiger partial charge on any atom is -0.372 e. The van der Waals surface area contributed by atoms with Crippen LogP contribution in [-0.4, -0.2) is 30.7 Å². The Morgan fingerprint density at radius 1 is 1.64 bits per heavy atom. The van der Waals surface area contributed by atoms with Gasteiger partial charge in [0, 0.05) is 6.54 Å². The average Bonchev–Trinajstić information content (AvgIpc) is 1.85. The van der Waals surface area contributed by atoms with Crippen molar-refractivity contribution in [3.8, 4) is 0 Å². The lowest BCUT2D eigenvalue weighted by Crippen LogP contribution is -2.56. The Hall–Kier alpha value is -0.610. The van der Waals surface area contributed by atoms with Gasteiger partial charge in [-0.1, -0.05) is 0 Å². The fourth-order valence-corrected chi connectivity index (χ4v) is 1.28. The van der Waals surface area contributed by atoms with Crippen molar-refractivity contribution >= 4 is 5.91 Å². The van der Waals surface area contributed by atoms with E-state index in [0.29, 0.717) is 6.54 Å². The van der Waals surface area contributed by atoms with Crippen LogP contribution in [-0.2, 0) is 9.53 Å². The molecule has 3 unspecified atom stereocenters. The molecule has 0 aromatic rings. The van der Waals surface area contributed by atoms with Crippen molar-refractivity contribution in [3.63, 3.8) is 0 Å². The van der Waals surface area contributed by atoms with Crippen LogP contribution in [0.1, 0.15) is 13.8 Å². The zero-order valence-corrected chi connectivity index (χ0v) is 6.83. The van der Waals surface area contributed by atoms with Crippen LogP contribution in [0.5, 0.6) is 0 Å². The van der Waals surface area contributed by atoms with Crippen LogP contribution >= 0.6 is 0 Å². The molecule has 0 spiro atoms. The molecule has 1 aliphatic heterocycles. The van der Waals surface area contributed by atoms with Gasteiger partial charge in [0.25, 0.3) is 0 Å². The first-order chi connectivity index (χ1) is 5.11. The Labute approximate surface area is 66.1 Å². The molecule has 1 aliphatic rings. The van der Waals surface area contributed by atoms with E-state index in [0.717, 1.165) is 0 Å². The molecule has 0 bridgehead atoms. The van der Waals surface area contributed by atoms with Gasteiger partial charge in [-0.25, -0.2) is 0 Å². The summed E-state index contributed by atoms with van der Waals surface area (Å²) in [6, 6.07) is -0.328. The predicted molar refractivity (Wildman–Crippen MR) is 41.0 cm³/mol. The third kappa shape index (κ3) is 1.91. The summed E-state index contributed by atoms with van der Waals surface area (Å²) in [5, 5.41) is 3.02. The second-order valence-corrected chi connectivity index (χ2v) is 2.94. The van der Waals surface area contributed by atoms with Crippen molar-refractivity contribution in [1.82, 2.24) is 5.32 Å². The second kappa shape index (κ2) is 3.19. The van der Waals surface area contributed by atoms with Crippen LogP contribution in [0.4, 0.5) is 0 Å². The zero-order valence-electron chi connectivity index (χ0n) is 6.83. The van der Waals surface area contributed by atoms with Gasteiger partial charge in [0.2, 0.25) is 5.91 Å². The van der Waals surface area contributed by atoms with Crippen molar-refractivity contribution in [3.05, 3.63) is 0 Å². The van der Waals surface area contributed by atoms with Gasteiger partial charge in [0.15, 0.2) is 0 Å². The van der Waals surface area contributed by atoms with Crippen molar-refractivity contribution < 1.29 is 9.53 Å². The largest absolute Gasteiger partial charge is 0.372 e. The van der Waals surface area contributed by atoms with E-state index in [-0.39, 0.29) is 24.2 Å². The monoisotopic (exact) mass is 158 g/mol. The summed E-state index contributed by atoms with van der Waals surface area (Å²) in [6.07, 6.45) is 0.0526. The zero-order chi connectivity index (χ0) is 8.43. The van der Waals surface area contributed by atoms with Crippen LogP contribution in [0.15, 0.2) is 0 Å². The maximum atomic E-state index is 10.8. The molecule has 3 atom stereocenters. The molecule has 4 nitrogen and oxygen atoms in total. The molecule has 4 heteroatoms. The fourth-order valence-electron chi connectivity index (χ4n) is 1.28. The summed E-state index contributed by atoms with van der Waals surface area (Å²) in [7, 11) is 0. The Morgan fingerprint density at radius 3 is 2.73 bits per heavy atom. The third-order valence-electron chi connectivity index (χ3n) is 1.85. The Morgan fingerprint density at radius 2 is 2.27 bits per heavy atom. The van der Waals surface area contributed by atoms with Crippen LogP contribution in [0.2, 0.25) is 0 Å². The lowest BCUT2D eigenvalue weighted by atomic mass is 10.1. The lowest BCUT2D eigenvalue weighted by molar-refractivity contribution is -0.128. The lowest BCUT2D eigenvalue weighted by Gasteiger charge is -2.32. The number of primary amides is 1. The maximum absolute atomic E-state index is 10.8. The van der Waals surface area contributed by atoms with Crippen molar-refractivity contribution in [2.45, 2.75) is 32.1 Å². The number of nitrogens with one attached hydrogen (secondary N) is 1. The molecule has 1 heterocycles. The van der Waals surface area contributed by atoms with E-state index in [1.165, 1.54) is 0 Å². The number of amides is 1. The molecule has 1 fully saturated rings. The molecule has 0 radical (unpaired) electrons. The SMILES string of the molecule is CC1CNC(C(N)=O)C(C)O1. The highest BCUT2D eigenvalue weighted by molar-refractivity contribution is 5.80. The van der Waals surface area contributed by atoms with Crippen molar-refractivity contribution in [2.75, 3.05) is 6.54 Å². The van der Waals surface area contributed by atoms with E-state index >= 15 is 0 Å². The van der Waals surface area contributed by atoms with Gasteiger partial charge >= 0.3 is 0 Å². The highest BCUT2D eigenvalue weighted by atomic mass is 16.5. The number of hydrogen-bond donors (Lipinski definition) is 2. The van der Waals surface area contributed by atoms with Crippen LogP contribution < -0.4 is 11.1 Å². The highest BCUT2D eigenvalue weighted by Crippen LogP contribution is 2.07. The van der Waals surface area contributed by atoms with Gasteiger partial charge in [-0.15, -0.1) is 0 Å². The van der Waals surface area contributed by atoms with E-state index in [1.54, 1.807) is 0 Å². The molecule has 64 valence electrons. The van der Waals surface area contributed by atoms with E-state index in [1.807, 2.05) is 13.8 Å². The van der Waals surface area contributed by atoms with Gasteiger partial charge in [-0.05, 0) is 13.8 Å². The van der Waals surface area contributed by atoms with Crippen molar-refractivity contribution in [1.29, 1.82) is 0 Å². The average molecular weight is 158 g/mol. The maximum Gasteiger partial charge on any atom is 0.237 e. The molecule has 1 rings (SSSR count). The van der Waals surface area contributed by atoms with E-state index in [9.17, 15) is 4.79 Å². The molecule has 0 aliphatic carbocycles. The van der Waals surface area contributed by atoms with Gasteiger partial charge in [-0.2, -0.15) is 0 Å².